The Morgan fingerprint density at radius 1 is 1.16 bits per heavy atom. The average molecular weight is 288 g/mol. The van der Waals surface area contributed by atoms with E-state index in [2.05, 4.69) is 9.97 Å². The summed E-state index contributed by atoms with van der Waals surface area (Å²) in [6, 6.07) is 7.09. The Hall–Kier alpha value is -1.92. The third kappa shape index (κ3) is 2.32. The first-order chi connectivity index (χ1) is 9.25. The summed E-state index contributed by atoms with van der Waals surface area (Å²) in [5.41, 5.74) is 0.196. The molecule has 6 heteroatoms. The smallest absolute Gasteiger partial charge is 0.338 e. The summed E-state index contributed by atoms with van der Waals surface area (Å²) in [6.45, 7) is 0. The van der Waals surface area contributed by atoms with Crippen LogP contribution >= 0.6 is 23.1 Å². The number of carboxylic acids is 1. The van der Waals surface area contributed by atoms with Gasteiger partial charge in [0, 0.05) is 22.5 Å². The summed E-state index contributed by atoms with van der Waals surface area (Å²) in [5, 5.41) is 13.4. The Morgan fingerprint density at radius 2 is 2.00 bits per heavy atom. The highest BCUT2D eigenvalue weighted by molar-refractivity contribution is 7.99. The molecule has 0 aliphatic rings. The Labute approximate surface area is 117 Å². The second-order valence-electron chi connectivity index (χ2n) is 3.71. The highest BCUT2D eigenvalue weighted by Crippen LogP contribution is 2.34. The van der Waals surface area contributed by atoms with Crippen LogP contribution in [0.15, 0.2) is 52.1 Å². The predicted octanol–water partition coefficient (Wildman–Crippen LogP) is 3.54. The van der Waals surface area contributed by atoms with Crippen LogP contribution in [0.4, 0.5) is 0 Å². The molecule has 4 nitrogen and oxygen atoms in total. The van der Waals surface area contributed by atoms with E-state index in [-0.39, 0.29) is 5.56 Å². The lowest BCUT2D eigenvalue weighted by Gasteiger charge is -2.04. The second kappa shape index (κ2) is 4.99. The molecule has 0 saturated carbocycles. The molecule has 3 rings (SSSR count). The van der Waals surface area contributed by atoms with Crippen molar-refractivity contribution in [1.29, 1.82) is 0 Å². The molecule has 94 valence electrons. The number of hydrogen-bond acceptors (Lipinski definition) is 5. The summed E-state index contributed by atoms with van der Waals surface area (Å²) in [5.74, 6) is -0.979. The van der Waals surface area contributed by atoms with Crippen LogP contribution in [0.2, 0.25) is 0 Å². The largest absolute Gasteiger partial charge is 0.478 e. The van der Waals surface area contributed by atoms with Crippen molar-refractivity contribution in [2.45, 2.75) is 10.1 Å². The van der Waals surface area contributed by atoms with Crippen molar-refractivity contribution in [3.05, 3.63) is 47.6 Å². The molecule has 0 spiro atoms. The van der Waals surface area contributed by atoms with Crippen LogP contribution < -0.4 is 0 Å². The Morgan fingerprint density at radius 3 is 2.84 bits per heavy atom. The van der Waals surface area contributed by atoms with Crippen LogP contribution in [0.1, 0.15) is 10.4 Å². The van der Waals surface area contributed by atoms with Gasteiger partial charge in [-0.05, 0) is 41.4 Å². The van der Waals surface area contributed by atoms with Crippen molar-refractivity contribution in [3.8, 4) is 0 Å². The van der Waals surface area contributed by atoms with Crippen molar-refractivity contribution >= 4 is 39.2 Å². The molecule has 0 aliphatic carbocycles. The molecule has 1 N–H and O–H groups in total. The Balaban J connectivity index is 2.06. The number of pyridine rings is 2. The lowest BCUT2D eigenvalue weighted by molar-refractivity contribution is 0.0692. The zero-order chi connectivity index (χ0) is 13.2. The maximum absolute atomic E-state index is 11.2. The lowest BCUT2D eigenvalue weighted by Crippen LogP contribution is -2.00. The van der Waals surface area contributed by atoms with Crippen molar-refractivity contribution < 1.29 is 9.90 Å². The molecule has 0 bridgehead atoms. The minimum Gasteiger partial charge on any atom is -0.478 e. The number of nitrogens with zero attached hydrogens (tertiary/aromatic N) is 2. The summed E-state index contributed by atoms with van der Waals surface area (Å²) in [4.78, 5) is 19.6. The highest BCUT2D eigenvalue weighted by atomic mass is 32.2. The molecule has 19 heavy (non-hydrogen) atoms. The molecule has 0 amide bonds. The molecule has 3 aromatic rings. The fraction of sp³-hybridized carbons (Fsp3) is 0. The minimum atomic E-state index is -0.979. The molecule has 0 aromatic carbocycles. The van der Waals surface area contributed by atoms with E-state index in [1.54, 1.807) is 35.9 Å². The van der Waals surface area contributed by atoms with Gasteiger partial charge < -0.3 is 5.11 Å². The van der Waals surface area contributed by atoms with Gasteiger partial charge >= 0.3 is 5.97 Å². The summed E-state index contributed by atoms with van der Waals surface area (Å²) in [7, 11) is 0. The van der Waals surface area contributed by atoms with E-state index in [0.717, 1.165) is 15.1 Å². The van der Waals surface area contributed by atoms with Crippen LogP contribution in [-0.2, 0) is 0 Å². The van der Waals surface area contributed by atoms with Crippen molar-refractivity contribution in [2.24, 2.45) is 0 Å². The van der Waals surface area contributed by atoms with E-state index >= 15 is 0 Å². The molecule has 3 aromatic heterocycles. The zero-order valence-corrected chi connectivity index (χ0v) is 11.2. The maximum atomic E-state index is 11.2. The lowest BCUT2D eigenvalue weighted by atomic mass is 10.3. The number of thiophene rings is 1. The number of carbonyl (C=O) groups is 1. The number of carboxylic acid groups (broad SMARTS) is 1. The van der Waals surface area contributed by atoms with Gasteiger partial charge in [-0.3, -0.25) is 0 Å². The van der Waals surface area contributed by atoms with Crippen LogP contribution in [0.5, 0.6) is 0 Å². The highest BCUT2D eigenvalue weighted by Gasteiger charge is 2.14. The Bertz CT molecular complexity index is 755. The maximum Gasteiger partial charge on any atom is 0.338 e. The normalized spacial score (nSPS) is 10.7. The third-order valence-electron chi connectivity index (χ3n) is 2.54. The fourth-order valence-corrected chi connectivity index (χ4v) is 3.49. The van der Waals surface area contributed by atoms with E-state index in [4.69, 9.17) is 5.11 Å². The van der Waals surface area contributed by atoms with E-state index < -0.39 is 5.97 Å². The first-order valence-corrected chi connectivity index (χ1v) is 7.13. The van der Waals surface area contributed by atoms with Gasteiger partial charge in [0.05, 0.1) is 5.56 Å². The quantitative estimate of drug-likeness (QED) is 0.798. The standard InChI is InChI=1S/C13H8N2O2S2/c16-13(17)9-2-1-5-14-12(9)19-11-8-4-7-18-10(8)3-6-15-11/h1-7H,(H,16,17). The van der Waals surface area contributed by atoms with Crippen LogP contribution in [-0.4, -0.2) is 21.0 Å². The molecule has 0 radical (unpaired) electrons. The van der Waals surface area contributed by atoms with Gasteiger partial charge in [0.2, 0.25) is 0 Å². The molecule has 3 heterocycles. The van der Waals surface area contributed by atoms with Gasteiger partial charge in [-0.25, -0.2) is 14.8 Å². The molecular formula is C13H8N2O2S2. The van der Waals surface area contributed by atoms with Gasteiger partial charge in [-0.2, -0.15) is 0 Å². The van der Waals surface area contributed by atoms with Gasteiger partial charge in [0.25, 0.3) is 0 Å². The Kier molecular flexibility index (Phi) is 3.18. The summed E-state index contributed by atoms with van der Waals surface area (Å²) >= 11 is 2.91. The topological polar surface area (TPSA) is 63.1 Å². The van der Waals surface area contributed by atoms with Crippen LogP contribution in [0, 0.1) is 0 Å². The van der Waals surface area contributed by atoms with E-state index in [1.165, 1.54) is 11.8 Å². The average Bonchev–Trinajstić information content (AvgIpc) is 2.88. The van der Waals surface area contributed by atoms with Gasteiger partial charge in [0.1, 0.15) is 10.1 Å². The molecule has 0 saturated heterocycles. The van der Waals surface area contributed by atoms with Gasteiger partial charge in [0.15, 0.2) is 0 Å². The first kappa shape index (κ1) is 12.1. The van der Waals surface area contributed by atoms with Crippen molar-refractivity contribution in [1.82, 2.24) is 9.97 Å². The number of hydrogen-bond donors (Lipinski definition) is 1. The number of aromatic carboxylic acids is 1. The van der Waals surface area contributed by atoms with Gasteiger partial charge in [-0.1, -0.05) is 0 Å². The molecular weight excluding hydrogens is 280 g/mol. The fourth-order valence-electron chi connectivity index (χ4n) is 1.68. The predicted molar refractivity (Wildman–Crippen MR) is 74.9 cm³/mol. The zero-order valence-electron chi connectivity index (χ0n) is 9.61. The van der Waals surface area contributed by atoms with Crippen molar-refractivity contribution in [3.63, 3.8) is 0 Å². The van der Waals surface area contributed by atoms with Crippen molar-refractivity contribution in [2.75, 3.05) is 0 Å². The SMILES string of the molecule is O=C(O)c1cccnc1Sc1nccc2sccc12. The first-order valence-electron chi connectivity index (χ1n) is 5.44. The minimum absolute atomic E-state index is 0.196. The third-order valence-corrected chi connectivity index (χ3v) is 4.46. The monoisotopic (exact) mass is 288 g/mol. The number of fused-ring (bicyclic) bond motifs is 1. The van der Waals surface area contributed by atoms with Gasteiger partial charge in [-0.15, -0.1) is 11.3 Å². The summed E-state index contributed by atoms with van der Waals surface area (Å²) < 4.78 is 1.13. The number of aromatic nitrogens is 2. The van der Waals surface area contributed by atoms with E-state index in [0.29, 0.717) is 5.03 Å². The molecule has 0 atom stereocenters. The van der Waals surface area contributed by atoms with E-state index in [9.17, 15) is 4.79 Å². The number of rotatable bonds is 3. The molecule has 0 fully saturated rings. The van der Waals surface area contributed by atoms with E-state index in [1.807, 2.05) is 17.5 Å². The van der Waals surface area contributed by atoms with Crippen LogP contribution in [0.3, 0.4) is 0 Å². The summed E-state index contributed by atoms with van der Waals surface area (Å²) in [6.07, 6.45) is 3.31. The molecule has 0 unspecified atom stereocenters. The molecule has 0 aliphatic heterocycles. The second-order valence-corrected chi connectivity index (χ2v) is 5.64. The van der Waals surface area contributed by atoms with Crippen LogP contribution in [0.25, 0.3) is 10.1 Å².